The van der Waals surface area contributed by atoms with Crippen LogP contribution in [0.2, 0.25) is 0 Å². The molecule has 0 spiro atoms. The second-order valence-corrected chi connectivity index (χ2v) is 4.33. The van der Waals surface area contributed by atoms with Crippen LogP contribution in [0.15, 0.2) is 29.1 Å². The number of fused-ring (bicyclic) bond motifs is 3. The molecule has 3 aromatic rings. The lowest BCUT2D eigenvalue weighted by atomic mass is 10.2. The highest BCUT2D eigenvalue weighted by atomic mass is 16.5. The maximum atomic E-state index is 11.8. The number of H-pyrrole nitrogens is 1. The predicted octanol–water partition coefficient (Wildman–Crippen LogP) is 1.90. The molecule has 2 aromatic heterocycles. The van der Waals surface area contributed by atoms with Crippen LogP contribution in [0.4, 0.5) is 0 Å². The first-order chi connectivity index (χ1) is 9.15. The molecule has 5 heteroatoms. The molecule has 0 atom stereocenters. The molecule has 5 nitrogen and oxygen atoms in total. The van der Waals surface area contributed by atoms with E-state index in [-0.39, 0.29) is 11.1 Å². The molecule has 0 bridgehead atoms. The summed E-state index contributed by atoms with van der Waals surface area (Å²) < 4.78 is 7.15. The number of aromatic nitrogens is 2. The molecule has 94 valence electrons. The van der Waals surface area contributed by atoms with E-state index in [0.29, 0.717) is 0 Å². The van der Waals surface area contributed by atoms with Gasteiger partial charge >= 0.3 is 0 Å². The maximum absolute atomic E-state index is 11.8. The minimum atomic E-state index is -0.370. The number of benzene rings is 1. The highest BCUT2D eigenvalue weighted by Gasteiger charge is 2.12. The van der Waals surface area contributed by atoms with E-state index in [9.17, 15) is 4.79 Å². The van der Waals surface area contributed by atoms with E-state index in [0.717, 1.165) is 27.7 Å². The molecule has 2 heterocycles. The number of aromatic amines is 1. The Bertz CT molecular complexity index is 897. The van der Waals surface area contributed by atoms with Gasteiger partial charge in [0.1, 0.15) is 17.4 Å². The second-order valence-electron chi connectivity index (χ2n) is 4.33. The van der Waals surface area contributed by atoms with E-state index in [4.69, 9.17) is 10.00 Å². The first-order valence-electron chi connectivity index (χ1n) is 5.75. The van der Waals surface area contributed by atoms with Crippen LogP contribution >= 0.6 is 0 Å². The molecule has 0 aliphatic rings. The van der Waals surface area contributed by atoms with Crippen molar-refractivity contribution < 1.29 is 4.74 Å². The van der Waals surface area contributed by atoms with Crippen LogP contribution < -0.4 is 10.3 Å². The molecule has 3 rings (SSSR count). The second kappa shape index (κ2) is 3.89. The topological polar surface area (TPSA) is 70.8 Å². The van der Waals surface area contributed by atoms with E-state index < -0.39 is 0 Å². The number of nitrogens with one attached hydrogen (secondary N) is 1. The van der Waals surface area contributed by atoms with Crippen molar-refractivity contribution in [3.8, 4) is 11.8 Å². The fourth-order valence-electron chi connectivity index (χ4n) is 2.34. The highest BCUT2D eigenvalue weighted by Crippen LogP contribution is 2.29. The number of methoxy groups -OCH3 is 1. The number of aryl methyl sites for hydroxylation is 1. The Kier molecular flexibility index (Phi) is 2.32. The molecule has 0 unspecified atom stereocenters. The van der Waals surface area contributed by atoms with Crippen LogP contribution in [0.25, 0.3) is 21.9 Å². The third-order valence-electron chi connectivity index (χ3n) is 3.34. The van der Waals surface area contributed by atoms with Crippen LogP contribution in [-0.4, -0.2) is 16.7 Å². The normalized spacial score (nSPS) is 10.8. The van der Waals surface area contributed by atoms with Crippen molar-refractivity contribution in [1.29, 1.82) is 5.26 Å². The van der Waals surface area contributed by atoms with Crippen LogP contribution in [0.1, 0.15) is 5.56 Å². The Labute approximate surface area is 108 Å². The number of nitriles is 1. The van der Waals surface area contributed by atoms with Crippen LogP contribution in [-0.2, 0) is 7.05 Å². The molecule has 1 aromatic carbocycles. The van der Waals surface area contributed by atoms with Crippen molar-refractivity contribution in [3.05, 3.63) is 40.2 Å². The predicted molar refractivity (Wildman–Crippen MR) is 72.3 cm³/mol. The number of hydrogen-bond donors (Lipinski definition) is 1. The number of pyridine rings is 1. The summed E-state index contributed by atoms with van der Waals surface area (Å²) in [5.74, 6) is 0.727. The molecular formula is C14H11N3O2. The zero-order valence-corrected chi connectivity index (χ0v) is 10.5. The van der Waals surface area contributed by atoms with Gasteiger partial charge in [0.05, 0.1) is 23.7 Å². The largest absolute Gasteiger partial charge is 0.497 e. The van der Waals surface area contributed by atoms with E-state index in [1.165, 1.54) is 0 Å². The average Bonchev–Trinajstić information content (AvgIpc) is 2.70. The Morgan fingerprint density at radius 1 is 1.32 bits per heavy atom. The first-order valence-corrected chi connectivity index (χ1v) is 5.75. The quantitative estimate of drug-likeness (QED) is 0.720. The van der Waals surface area contributed by atoms with Gasteiger partial charge in [0.15, 0.2) is 0 Å². The summed E-state index contributed by atoms with van der Waals surface area (Å²) in [5, 5.41) is 9.83. The number of hydrogen-bond acceptors (Lipinski definition) is 3. The van der Waals surface area contributed by atoms with Gasteiger partial charge < -0.3 is 14.3 Å². The molecule has 0 aliphatic carbocycles. The van der Waals surface area contributed by atoms with Gasteiger partial charge in [-0.25, -0.2) is 0 Å². The van der Waals surface area contributed by atoms with Crippen LogP contribution in [0.5, 0.6) is 5.75 Å². The van der Waals surface area contributed by atoms with Crippen molar-refractivity contribution in [2.75, 3.05) is 7.11 Å². The van der Waals surface area contributed by atoms with Gasteiger partial charge in [-0.15, -0.1) is 0 Å². The molecule has 1 N–H and O–H groups in total. The molecule has 0 radical (unpaired) electrons. The molecule has 0 fully saturated rings. The van der Waals surface area contributed by atoms with Gasteiger partial charge in [0, 0.05) is 12.4 Å². The van der Waals surface area contributed by atoms with Gasteiger partial charge in [-0.2, -0.15) is 5.26 Å². The smallest absolute Gasteiger partial charge is 0.266 e. The van der Waals surface area contributed by atoms with E-state index in [2.05, 4.69) is 4.98 Å². The fourth-order valence-corrected chi connectivity index (χ4v) is 2.34. The van der Waals surface area contributed by atoms with Gasteiger partial charge in [0.25, 0.3) is 5.56 Å². The van der Waals surface area contributed by atoms with Gasteiger partial charge in [0.2, 0.25) is 0 Å². The van der Waals surface area contributed by atoms with Crippen molar-refractivity contribution in [2.24, 2.45) is 7.05 Å². The van der Waals surface area contributed by atoms with E-state index in [1.807, 2.05) is 35.9 Å². The fraction of sp³-hybridized carbons (Fsp3) is 0.143. The Morgan fingerprint density at radius 3 is 2.79 bits per heavy atom. The standard InChI is InChI=1S/C14H11N3O2/c1-17-11-4-3-9(19-2)6-10(11)13-12(17)5-8(7-15)14(18)16-13/h3-6H,1-2H3,(H,16,18). The number of nitrogens with zero attached hydrogens (tertiary/aromatic N) is 2. The third-order valence-corrected chi connectivity index (χ3v) is 3.34. The lowest BCUT2D eigenvalue weighted by molar-refractivity contribution is 0.415. The number of ether oxygens (including phenoxy) is 1. The Hall–Kier alpha value is -2.74. The summed E-state index contributed by atoms with van der Waals surface area (Å²) in [6, 6.07) is 9.18. The van der Waals surface area contributed by atoms with Crippen molar-refractivity contribution in [3.63, 3.8) is 0 Å². The summed E-state index contributed by atoms with van der Waals surface area (Å²) >= 11 is 0. The summed E-state index contributed by atoms with van der Waals surface area (Å²) in [6.07, 6.45) is 0. The first kappa shape index (κ1) is 11.4. The molecule has 0 saturated heterocycles. The number of rotatable bonds is 1. The van der Waals surface area contributed by atoms with Crippen LogP contribution in [0.3, 0.4) is 0 Å². The van der Waals surface area contributed by atoms with Crippen molar-refractivity contribution >= 4 is 21.9 Å². The summed E-state index contributed by atoms with van der Waals surface area (Å²) in [4.78, 5) is 14.5. The summed E-state index contributed by atoms with van der Waals surface area (Å²) in [6.45, 7) is 0. The van der Waals surface area contributed by atoms with Crippen molar-refractivity contribution in [1.82, 2.24) is 9.55 Å². The Morgan fingerprint density at radius 2 is 2.11 bits per heavy atom. The molecular weight excluding hydrogens is 242 g/mol. The average molecular weight is 253 g/mol. The lowest BCUT2D eigenvalue weighted by Gasteiger charge is -2.00. The molecule has 19 heavy (non-hydrogen) atoms. The summed E-state index contributed by atoms with van der Waals surface area (Å²) in [7, 11) is 3.50. The zero-order valence-electron chi connectivity index (χ0n) is 10.5. The SMILES string of the molecule is COc1ccc2c(c1)c1[nH]c(=O)c(C#N)cc1n2C. The third kappa shape index (κ3) is 1.50. The highest BCUT2D eigenvalue weighted by molar-refractivity contribution is 6.06. The Balaban J connectivity index is 2.54. The molecule has 0 saturated carbocycles. The van der Waals surface area contributed by atoms with E-state index in [1.54, 1.807) is 13.2 Å². The molecule has 0 amide bonds. The van der Waals surface area contributed by atoms with Gasteiger partial charge in [-0.3, -0.25) is 4.79 Å². The minimum Gasteiger partial charge on any atom is -0.497 e. The van der Waals surface area contributed by atoms with Gasteiger partial charge in [-0.05, 0) is 24.3 Å². The van der Waals surface area contributed by atoms with Crippen LogP contribution in [0, 0.1) is 11.3 Å². The zero-order chi connectivity index (χ0) is 13.6. The minimum absolute atomic E-state index is 0.116. The molecule has 0 aliphatic heterocycles. The summed E-state index contributed by atoms with van der Waals surface area (Å²) in [5.41, 5.74) is 2.26. The van der Waals surface area contributed by atoms with Gasteiger partial charge in [-0.1, -0.05) is 0 Å². The lowest BCUT2D eigenvalue weighted by Crippen LogP contribution is -2.09. The maximum Gasteiger partial charge on any atom is 0.266 e. The monoisotopic (exact) mass is 253 g/mol. The van der Waals surface area contributed by atoms with Crippen molar-refractivity contribution in [2.45, 2.75) is 0 Å². The van der Waals surface area contributed by atoms with E-state index >= 15 is 0 Å².